The van der Waals surface area contributed by atoms with E-state index >= 15 is 0 Å². The lowest BCUT2D eigenvalue weighted by molar-refractivity contribution is -0.125. The van der Waals surface area contributed by atoms with Gasteiger partial charge in [-0.3, -0.25) is 4.79 Å². The van der Waals surface area contributed by atoms with Crippen molar-refractivity contribution in [1.29, 1.82) is 0 Å². The van der Waals surface area contributed by atoms with Gasteiger partial charge in [0.05, 0.1) is 0 Å². The van der Waals surface area contributed by atoms with E-state index in [4.69, 9.17) is 20.2 Å². The highest BCUT2D eigenvalue weighted by molar-refractivity contribution is 7.99. The molecule has 1 amide bonds. The summed E-state index contributed by atoms with van der Waals surface area (Å²) >= 11 is 1.57. The van der Waals surface area contributed by atoms with Crippen LogP contribution in [0.4, 0.5) is 5.82 Å². The summed E-state index contributed by atoms with van der Waals surface area (Å²) in [5.41, 5.74) is 6.51. The van der Waals surface area contributed by atoms with Crippen LogP contribution in [0.25, 0.3) is 11.2 Å². The lowest BCUT2D eigenvalue weighted by Gasteiger charge is -2.17. The average Bonchev–Trinajstić information content (AvgIpc) is 3.43. The number of fused-ring (bicyclic) bond motifs is 1. The van der Waals surface area contributed by atoms with E-state index in [9.17, 15) is 4.79 Å². The molecule has 1 aliphatic carbocycles. The molecule has 10 nitrogen and oxygen atoms in total. The van der Waals surface area contributed by atoms with Gasteiger partial charge in [0.1, 0.15) is 5.92 Å². The average molecular weight is 460 g/mol. The Labute approximate surface area is 191 Å². The van der Waals surface area contributed by atoms with Gasteiger partial charge in [-0.15, -0.1) is 5.10 Å². The molecule has 3 heterocycles. The number of allylic oxidation sites excluding steroid dienone is 1. The Morgan fingerprint density at radius 3 is 2.81 bits per heavy atom. The minimum absolute atomic E-state index is 0.218. The number of rotatable bonds is 10. The van der Waals surface area contributed by atoms with E-state index in [0.717, 1.165) is 25.0 Å². The molecule has 3 atom stereocenters. The molecule has 0 spiro atoms. The van der Waals surface area contributed by atoms with Crippen molar-refractivity contribution < 1.29 is 14.3 Å². The number of aromatic nitrogens is 5. The number of thioether (sulfide) groups is 1. The van der Waals surface area contributed by atoms with Gasteiger partial charge in [-0.05, 0) is 38.2 Å². The predicted octanol–water partition coefficient (Wildman–Crippen LogP) is 3.35. The summed E-state index contributed by atoms with van der Waals surface area (Å²) in [6.45, 7) is 8.67. The first-order valence-corrected chi connectivity index (χ1v) is 11.9. The maximum Gasteiger partial charge on any atom is 0.349 e. The molecule has 172 valence electrons. The van der Waals surface area contributed by atoms with Crippen molar-refractivity contribution >= 4 is 34.7 Å². The maximum atomic E-state index is 11.7. The van der Waals surface area contributed by atoms with Crippen molar-refractivity contribution in [3.8, 4) is 0 Å². The van der Waals surface area contributed by atoms with Gasteiger partial charge >= 0.3 is 6.41 Å². The van der Waals surface area contributed by atoms with Crippen LogP contribution in [0.3, 0.4) is 0 Å². The summed E-state index contributed by atoms with van der Waals surface area (Å²) in [5, 5.41) is 12.7. The Bertz CT molecular complexity index is 1070. The van der Waals surface area contributed by atoms with Crippen LogP contribution < -0.4 is 11.1 Å². The molecule has 1 aliphatic heterocycles. The number of carbonyl (C=O) groups is 1. The summed E-state index contributed by atoms with van der Waals surface area (Å²) in [4.78, 5) is 21.0. The van der Waals surface area contributed by atoms with E-state index in [2.05, 4.69) is 48.3 Å². The Kier molecular flexibility index (Phi) is 6.54. The first-order chi connectivity index (χ1) is 15.4. The van der Waals surface area contributed by atoms with E-state index in [0.29, 0.717) is 39.6 Å². The van der Waals surface area contributed by atoms with E-state index in [1.165, 1.54) is 4.68 Å². The van der Waals surface area contributed by atoms with Crippen molar-refractivity contribution in [3.05, 3.63) is 23.7 Å². The van der Waals surface area contributed by atoms with E-state index in [1.807, 2.05) is 0 Å². The van der Waals surface area contributed by atoms with E-state index in [-0.39, 0.29) is 6.04 Å². The van der Waals surface area contributed by atoms with Crippen molar-refractivity contribution in [2.75, 3.05) is 11.1 Å². The minimum Gasteiger partial charge on any atom is -0.435 e. The topological polar surface area (TPSA) is 130 Å². The highest BCUT2D eigenvalue weighted by Gasteiger charge is 2.39. The number of nitrogens with one attached hydrogen (secondary N) is 1. The predicted molar refractivity (Wildman–Crippen MR) is 121 cm³/mol. The normalized spacial score (nSPS) is 20.5. The lowest BCUT2D eigenvalue weighted by atomic mass is 10.0. The number of nitrogens with two attached hydrogens (primary N) is 1. The van der Waals surface area contributed by atoms with Crippen LogP contribution in [-0.4, -0.2) is 42.7 Å². The molecule has 0 saturated carbocycles. The molecule has 0 radical (unpaired) electrons. The van der Waals surface area contributed by atoms with Gasteiger partial charge in [-0.25, -0.2) is 9.97 Å². The summed E-state index contributed by atoms with van der Waals surface area (Å²) in [5.74, 6) is 1.89. The Morgan fingerprint density at radius 1 is 1.28 bits per heavy atom. The zero-order valence-electron chi connectivity index (χ0n) is 18.7. The molecule has 3 N–H and O–H groups in total. The van der Waals surface area contributed by atoms with Crippen molar-refractivity contribution in [1.82, 2.24) is 25.0 Å². The van der Waals surface area contributed by atoms with Crippen LogP contribution in [0, 0.1) is 11.8 Å². The standard InChI is InChI=1S/C21H29N7O3S/c1-5-10-32-20-24-18(23-12(4)7-6-11(2)3)15-19(25-20)28(27-26-15)21-30-14-9-8-13(17(22)29)16(14)31-21/h8-9,11-13,21H,5-7,10H2,1-4H3,(H2,22,29)(H,23,24,25). The summed E-state index contributed by atoms with van der Waals surface area (Å²) < 4.78 is 13.2. The third-order valence-electron chi connectivity index (χ3n) is 5.23. The highest BCUT2D eigenvalue weighted by Crippen LogP contribution is 2.39. The number of hydrogen-bond acceptors (Lipinski definition) is 9. The van der Waals surface area contributed by atoms with Gasteiger partial charge in [0.15, 0.2) is 33.7 Å². The van der Waals surface area contributed by atoms with Crippen LogP contribution >= 0.6 is 11.8 Å². The Balaban J connectivity index is 1.62. The molecule has 3 unspecified atom stereocenters. The van der Waals surface area contributed by atoms with Gasteiger partial charge in [0.25, 0.3) is 0 Å². The first kappa shape index (κ1) is 22.4. The molecule has 4 rings (SSSR count). The molecule has 11 heteroatoms. The quantitative estimate of drug-likeness (QED) is 0.406. The Morgan fingerprint density at radius 2 is 2.09 bits per heavy atom. The van der Waals surface area contributed by atoms with Gasteiger partial charge < -0.3 is 20.5 Å². The van der Waals surface area contributed by atoms with Crippen LogP contribution in [-0.2, 0) is 14.3 Å². The molecule has 0 saturated heterocycles. The molecule has 2 aromatic heterocycles. The van der Waals surface area contributed by atoms with E-state index in [1.54, 1.807) is 23.9 Å². The maximum absolute atomic E-state index is 11.7. The molecular formula is C21H29N7O3S. The van der Waals surface area contributed by atoms with Gasteiger partial charge in [0, 0.05) is 11.8 Å². The molecule has 0 aromatic carbocycles. The fourth-order valence-corrected chi connectivity index (χ4v) is 4.19. The smallest absolute Gasteiger partial charge is 0.349 e. The van der Waals surface area contributed by atoms with Crippen molar-refractivity contribution in [2.45, 2.75) is 64.6 Å². The van der Waals surface area contributed by atoms with Crippen LogP contribution in [0.15, 0.2) is 28.8 Å². The SMILES string of the molecule is CCCSc1nc(NC(C)CCC(C)C)c2nnn(C3OC4=C(O3)C(C(N)=O)C=C4)c2n1. The van der Waals surface area contributed by atoms with Crippen LogP contribution in [0.5, 0.6) is 0 Å². The van der Waals surface area contributed by atoms with Crippen LogP contribution in [0.1, 0.15) is 53.4 Å². The third kappa shape index (κ3) is 4.52. The zero-order valence-corrected chi connectivity index (χ0v) is 19.6. The molecule has 2 aromatic rings. The number of anilines is 1. The Hall–Kier alpha value is -2.82. The summed E-state index contributed by atoms with van der Waals surface area (Å²) in [7, 11) is 0. The number of hydrogen-bond donors (Lipinski definition) is 2. The van der Waals surface area contributed by atoms with Crippen molar-refractivity contribution in [3.63, 3.8) is 0 Å². The van der Waals surface area contributed by atoms with Gasteiger partial charge in [0.2, 0.25) is 5.91 Å². The summed E-state index contributed by atoms with van der Waals surface area (Å²) in [6.07, 6.45) is 5.56. The molecule has 0 bridgehead atoms. The number of ether oxygens (including phenoxy) is 2. The zero-order chi connectivity index (χ0) is 22.8. The van der Waals surface area contributed by atoms with Gasteiger partial charge in [-0.1, -0.05) is 43.8 Å². The molecular weight excluding hydrogens is 430 g/mol. The summed E-state index contributed by atoms with van der Waals surface area (Å²) in [6, 6.07) is 0.218. The number of carbonyl (C=O) groups excluding carboxylic acids is 1. The second-order valence-electron chi connectivity index (χ2n) is 8.44. The minimum atomic E-state index is -0.915. The van der Waals surface area contributed by atoms with Crippen LogP contribution in [0.2, 0.25) is 0 Å². The fraction of sp³-hybridized carbons (Fsp3) is 0.571. The molecule has 2 aliphatic rings. The van der Waals surface area contributed by atoms with E-state index < -0.39 is 18.2 Å². The third-order valence-corrected chi connectivity index (χ3v) is 6.28. The molecule has 0 fully saturated rings. The first-order valence-electron chi connectivity index (χ1n) is 10.9. The fourth-order valence-electron chi connectivity index (χ4n) is 3.50. The number of amides is 1. The molecule has 32 heavy (non-hydrogen) atoms. The second-order valence-corrected chi connectivity index (χ2v) is 9.50. The monoisotopic (exact) mass is 459 g/mol. The van der Waals surface area contributed by atoms with Crippen molar-refractivity contribution in [2.24, 2.45) is 17.6 Å². The number of nitrogens with zero attached hydrogens (tertiary/aromatic N) is 5. The second kappa shape index (κ2) is 9.35. The highest BCUT2D eigenvalue weighted by atomic mass is 32.2. The largest absolute Gasteiger partial charge is 0.435 e. The number of primary amides is 1. The van der Waals surface area contributed by atoms with Gasteiger partial charge in [-0.2, -0.15) is 4.68 Å². The lowest BCUT2D eigenvalue weighted by Crippen LogP contribution is -2.23.